The Morgan fingerprint density at radius 2 is 2.04 bits per heavy atom. The van der Waals surface area contributed by atoms with Crippen molar-refractivity contribution in [1.82, 2.24) is 9.88 Å². The molecule has 1 aromatic heterocycles. The second kappa shape index (κ2) is 7.81. The summed E-state index contributed by atoms with van der Waals surface area (Å²) in [4.78, 5) is 19.6. The largest absolute Gasteiger partial charge is 0.336 e. The first kappa shape index (κ1) is 18.2. The molecule has 1 aliphatic heterocycles. The van der Waals surface area contributed by atoms with E-state index in [1.807, 2.05) is 12.1 Å². The number of benzene rings is 2. The molecule has 1 saturated heterocycles. The van der Waals surface area contributed by atoms with E-state index in [1.165, 1.54) is 21.4 Å². The highest BCUT2D eigenvalue weighted by molar-refractivity contribution is 7.18. The normalized spacial score (nSPS) is 17.0. The van der Waals surface area contributed by atoms with Crippen molar-refractivity contribution in [2.75, 3.05) is 6.54 Å². The van der Waals surface area contributed by atoms with Crippen molar-refractivity contribution in [3.8, 4) is 0 Å². The molecule has 3 nitrogen and oxygen atoms in total. The Kier molecular flexibility index (Phi) is 5.26. The quantitative estimate of drug-likeness (QED) is 0.579. The maximum Gasteiger partial charge on any atom is 0.223 e. The summed E-state index contributed by atoms with van der Waals surface area (Å²) in [5, 5.41) is 1.14. The molecule has 27 heavy (non-hydrogen) atoms. The van der Waals surface area contributed by atoms with Gasteiger partial charge in [-0.15, -0.1) is 11.3 Å². The van der Waals surface area contributed by atoms with Gasteiger partial charge in [0.15, 0.2) is 0 Å². The van der Waals surface area contributed by atoms with Gasteiger partial charge in [0.25, 0.3) is 0 Å². The lowest BCUT2D eigenvalue weighted by molar-refractivity contribution is -0.132. The van der Waals surface area contributed by atoms with Crippen LogP contribution in [0.15, 0.2) is 42.5 Å². The monoisotopic (exact) mass is 378 g/mol. The van der Waals surface area contributed by atoms with Gasteiger partial charge in [0.05, 0.1) is 21.3 Å². The first-order valence-corrected chi connectivity index (χ1v) is 10.6. The molecule has 1 unspecified atom stereocenters. The lowest BCUT2D eigenvalue weighted by Crippen LogP contribution is -2.30. The highest BCUT2D eigenvalue weighted by atomic mass is 32.1. The van der Waals surface area contributed by atoms with E-state index in [0.717, 1.165) is 42.8 Å². The summed E-state index contributed by atoms with van der Waals surface area (Å²) >= 11 is 1.75. The topological polar surface area (TPSA) is 33.2 Å². The van der Waals surface area contributed by atoms with Gasteiger partial charge in [0.1, 0.15) is 0 Å². The van der Waals surface area contributed by atoms with E-state index in [-0.39, 0.29) is 11.9 Å². The van der Waals surface area contributed by atoms with Gasteiger partial charge in [-0.2, -0.15) is 0 Å². The first-order chi connectivity index (χ1) is 13.1. The zero-order valence-corrected chi connectivity index (χ0v) is 16.9. The van der Waals surface area contributed by atoms with Crippen molar-refractivity contribution in [3.05, 3.63) is 64.2 Å². The van der Waals surface area contributed by atoms with Gasteiger partial charge in [0, 0.05) is 13.0 Å². The number of likely N-dealkylation sites (tertiary alicyclic amines) is 1. The zero-order chi connectivity index (χ0) is 18.8. The second-order valence-electron chi connectivity index (χ2n) is 7.52. The minimum Gasteiger partial charge on any atom is -0.336 e. The molecule has 4 heteroatoms. The number of carbonyl (C=O) groups is 1. The summed E-state index contributed by atoms with van der Waals surface area (Å²) in [6.45, 7) is 5.17. The van der Waals surface area contributed by atoms with Crippen LogP contribution in [0.1, 0.15) is 53.4 Å². The third-order valence-corrected chi connectivity index (χ3v) is 6.70. The van der Waals surface area contributed by atoms with Crippen molar-refractivity contribution in [3.63, 3.8) is 0 Å². The fourth-order valence-corrected chi connectivity index (χ4v) is 4.95. The molecular weight excluding hydrogens is 352 g/mol. The van der Waals surface area contributed by atoms with Crippen molar-refractivity contribution in [1.29, 1.82) is 0 Å². The number of rotatable bonds is 5. The van der Waals surface area contributed by atoms with E-state index in [9.17, 15) is 4.79 Å². The molecule has 1 aliphatic rings. The van der Waals surface area contributed by atoms with Crippen LogP contribution in [0.5, 0.6) is 0 Å². The Morgan fingerprint density at radius 1 is 1.19 bits per heavy atom. The Hall–Kier alpha value is -2.20. The maximum absolute atomic E-state index is 12.9. The SMILES string of the molecule is Cc1ccc(C2CCCN2C(=O)CCCc2nc3ccccc3s2)cc1C. The standard InChI is InChI=1S/C23H26N2OS/c1-16-12-13-18(15-17(16)2)20-8-6-14-25(20)23(26)11-5-10-22-24-19-7-3-4-9-21(19)27-22/h3-4,7,9,12-13,15,20H,5-6,8,10-11,14H2,1-2H3. The number of thiazole rings is 1. The zero-order valence-electron chi connectivity index (χ0n) is 16.1. The third-order valence-electron chi connectivity index (χ3n) is 5.61. The Morgan fingerprint density at radius 3 is 2.85 bits per heavy atom. The number of hydrogen-bond donors (Lipinski definition) is 0. The van der Waals surface area contributed by atoms with Crippen LogP contribution in [0, 0.1) is 13.8 Å². The molecule has 0 radical (unpaired) electrons. The molecule has 0 saturated carbocycles. The molecule has 4 rings (SSSR count). The van der Waals surface area contributed by atoms with E-state index in [2.05, 4.69) is 54.1 Å². The van der Waals surface area contributed by atoms with E-state index < -0.39 is 0 Å². The number of aryl methyl sites for hydroxylation is 3. The Balaban J connectivity index is 1.37. The molecule has 0 N–H and O–H groups in total. The van der Waals surface area contributed by atoms with Gasteiger partial charge in [-0.3, -0.25) is 4.79 Å². The summed E-state index contributed by atoms with van der Waals surface area (Å²) in [7, 11) is 0. The second-order valence-corrected chi connectivity index (χ2v) is 8.63. The summed E-state index contributed by atoms with van der Waals surface area (Å²) in [5.74, 6) is 0.289. The summed E-state index contributed by atoms with van der Waals surface area (Å²) < 4.78 is 1.23. The van der Waals surface area contributed by atoms with Gasteiger partial charge in [-0.25, -0.2) is 4.98 Å². The molecular formula is C23H26N2OS. The molecule has 0 aliphatic carbocycles. The van der Waals surface area contributed by atoms with Crippen molar-refractivity contribution >= 4 is 27.5 Å². The van der Waals surface area contributed by atoms with Crippen LogP contribution in [0.2, 0.25) is 0 Å². The van der Waals surface area contributed by atoms with Gasteiger partial charge >= 0.3 is 0 Å². The van der Waals surface area contributed by atoms with E-state index in [0.29, 0.717) is 6.42 Å². The van der Waals surface area contributed by atoms with Crippen LogP contribution in [0.25, 0.3) is 10.2 Å². The smallest absolute Gasteiger partial charge is 0.223 e. The van der Waals surface area contributed by atoms with Gasteiger partial charge in [0.2, 0.25) is 5.91 Å². The molecule has 0 spiro atoms. The molecule has 1 amide bonds. The molecule has 2 aromatic carbocycles. The minimum atomic E-state index is 0.249. The van der Waals surface area contributed by atoms with Crippen LogP contribution < -0.4 is 0 Å². The average Bonchev–Trinajstić information content (AvgIpc) is 3.30. The Labute approximate surface area is 165 Å². The van der Waals surface area contributed by atoms with Crippen LogP contribution in [-0.2, 0) is 11.2 Å². The highest BCUT2D eigenvalue weighted by Gasteiger charge is 2.29. The van der Waals surface area contributed by atoms with Gasteiger partial charge in [-0.1, -0.05) is 30.3 Å². The number of hydrogen-bond acceptors (Lipinski definition) is 3. The predicted octanol–water partition coefficient (Wildman–Crippen LogP) is 5.60. The van der Waals surface area contributed by atoms with E-state index in [1.54, 1.807) is 11.3 Å². The van der Waals surface area contributed by atoms with E-state index in [4.69, 9.17) is 0 Å². The molecule has 2 heterocycles. The first-order valence-electron chi connectivity index (χ1n) is 9.83. The van der Waals surface area contributed by atoms with Crippen LogP contribution in [-0.4, -0.2) is 22.3 Å². The third kappa shape index (κ3) is 3.91. The van der Waals surface area contributed by atoms with Crippen LogP contribution in [0.4, 0.5) is 0 Å². The number of aromatic nitrogens is 1. The molecule has 1 atom stereocenters. The fraction of sp³-hybridized carbons (Fsp3) is 0.391. The number of carbonyl (C=O) groups excluding carboxylic acids is 1. The minimum absolute atomic E-state index is 0.249. The summed E-state index contributed by atoms with van der Waals surface area (Å²) in [6, 6.07) is 15.1. The van der Waals surface area contributed by atoms with E-state index >= 15 is 0 Å². The van der Waals surface area contributed by atoms with Crippen LogP contribution in [0.3, 0.4) is 0 Å². The lowest BCUT2D eigenvalue weighted by atomic mass is 9.99. The number of fused-ring (bicyclic) bond motifs is 1. The van der Waals surface area contributed by atoms with Gasteiger partial charge < -0.3 is 4.90 Å². The van der Waals surface area contributed by atoms with Crippen molar-refractivity contribution in [2.45, 2.75) is 52.0 Å². The van der Waals surface area contributed by atoms with Crippen LogP contribution >= 0.6 is 11.3 Å². The fourth-order valence-electron chi connectivity index (χ4n) is 3.94. The molecule has 140 valence electrons. The molecule has 1 fully saturated rings. The lowest BCUT2D eigenvalue weighted by Gasteiger charge is -2.25. The van der Waals surface area contributed by atoms with Crippen molar-refractivity contribution in [2.24, 2.45) is 0 Å². The van der Waals surface area contributed by atoms with Crippen molar-refractivity contribution < 1.29 is 4.79 Å². The van der Waals surface area contributed by atoms with Gasteiger partial charge in [-0.05, 0) is 68.4 Å². The molecule has 0 bridgehead atoms. The Bertz CT molecular complexity index is 929. The highest BCUT2D eigenvalue weighted by Crippen LogP contribution is 2.33. The number of para-hydroxylation sites is 1. The summed E-state index contributed by atoms with van der Waals surface area (Å²) in [5.41, 5.74) is 4.97. The maximum atomic E-state index is 12.9. The predicted molar refractivity (Wildman–Crippen MR) is 112 cm³/mol. The summed E-state index contributed by atoms with van der Waals surface area (Å²) in [6.07, 6.45) is 4.53. The number of amides is 1. The number of nitrogens with zero attached hydrogens (tertiary/aromatic N) is 2. The average molecular weight is 379 g/mol. The molecule has 3 aromatic rings.